The normalized spacial score (nSPS) is 18.7. The average molecular weight is 307 g/mol. The maximum atomic E-state index is 12.2. The summed E-state index contributed by atoms with van der Waals surface area (Å²) < 4.78 is 0. The topological polar surface area (TPSA) is 124 Å². The largest absolute Gasteiger partial charge is 0.329 e. The van der Waals surface area contributed by atoms with Gasteiger partial charge < -0.3 is 15.5 Å². The van der Waals surface area contributed by atoms with Crippen molar-refractivity contribution >= 4 is 23.5 Å². The Bertz CT molecular complexity index is 565. The van der Waals surface area contributed by atoms with Crippen LogP contribution in [0.1, 0.15) is 13.3 Å². The molecule has 1 aliphatic heterocycles. The van der Waals surface area contributed by atoms with Gasteiger partial charge in [-0.2, -0.15) is 0 Å². The molecular weight excluding hydrogens is 290 g/mol. The van der Waals surface area contributed by atoms with E-state index in [2.05, 4.69) is 15.6 Å². The second-order valence-electron chi connectivity index (χ2n) is 4.86. The molecule has 4 amide bonds. The van der Waals surface area contributed by atoms with E-state index in [1.807, 2.05) is 0 Å². The highest BCUT2D eigenvalue weighted by molar-refractivity contribution is 5.96. The van der Waals surface area contributed by atoms with Crippen molar-refractivity contribution in [3.05, 3.63) is 24.5 Å². The van der Waals surface area contributed by atoms with Crippen molar-refractivity contribution in [2.75, 3.05) is 11.9 Å². The zero-order valence-corrected chi connectivity index (χ0v) is 11.9. The number of hydrogen-bond donors (Lipinski definition) is 4. The first-order valence-corrected chi connectivity index (χ1v) is 6.75. The van der Waals surface area contributed by atoms with E-state index in [9.17, 15) is 14.4 Å². The van der Waals surface area contributed by atoms with Gasteiger partial charge in [0, 0.05) is 24.6 Å². The molecule has 2 atom stereocenters. The predicted molar refractivity (Wildman–Crippen MR) is 75.9 cm³/mol. The summed E-state index contributed by atoms with van der Waals surface area (Å²) in [5.41, 5.74) is 2.07. The zero-order chi connectivity index (χ0) is 16.1. The molecule has 4 N–H and O–H groups in total. The Morgan fingerprint density at radius 2 is 2.09 bits per heavy atom. The van der Waals surface area contributed by atoms with Gasteiger partial charge >= 0.3 is 6.03 Å². The molecule has 0 bridgehead atoms. The molecule has 1 aromatic rings. The van der Waals surface area contributed by atoms with E-state index in [1.54, 1.807) is 12.1 Å². The molecule has 0 spiro atoms. The highest BCUT2D eigenvalue weighted by atomic mass is 16.5. The number of nitrogens with one attached hydrogen (secondary N) is 3. The fourth-order valence-corrected chi connectivity index (χ4v) is 2.22. The Morgan fingerprint density at radius 1 is 1.41 bits per heavy atom. The highest BCUT2D eigenvalue weighted by Crippen LogP contribution is 2.15. The third-order valence-electron chi connectivity index (χ3n) is 3.44. The van der Waals surface area contributed by atoms with E-state index >= 15 is 0 Å². The summed E-state index contributed by atoms with van der Waals surface area (Å²) >= 11 is 0. The van der Waals surface area contributed by atoms with Crippen molar-refractivity contribution in [1.82, 2.24) is 20.7 Å². The van der Waals surface area contributed by atoms with Gasteiger partial charge in [0.2, 0.25) is 5.91 Å². The maximum absolute atomic E-state index is 12.2. The van der Waals surface area contributed by atoms with Crippen molar-refractivity contribution < 1.29 is 19.6 Å². The molecule has 1 aromatic heterocycles. The van der Waals surface area contributed by atoms with Crippen LogP contribution in [0.15, 0.2) is 24.5 Å². The van der Waals surface area contributed by atoms with Gasteiger partial charge in [0.25, 0.3) is 5.91 Å². The Hall–Kier alpha value is -2.68. The standard InChI is InChI=1S/C13H17N5O4/c1-8(11(19)17-22)18-7-4-10(12(18)20)16-13(21)15-9-2-5-14-6-3-9/h2-3,5-6,8,10,22H,4,7H2,1H3,(H,17,19)(H2,14,15,16,21). The van der Waals surface area contributed by atoms with Gasteiger partial charge in [0.1, 0.15) is 12.1 Å². The number of amides is 4. The number of rotatable bonds is 4. The van der Waals surface area contributed by atoms with Crippen molar-refractivity contribution in [2.45, 2.75) is 25.4 Å². The molecule has 0 aliphatic carbocycles. The van der Waals surface area contributed by atoms with Crippen LogP contribution in [-0.2, 0) is 9.59 Å². The molecule has 0 radical (unpaired) electrons. The smallest absolute Gasteiger partial charge is 0.319 e. The molecule has 1 aliphatic rings. The van der Waals surface area contributed by atoms with Crippen molar-refractivity contribution in [1.29, 1.82) is 0 Å². The molecule has 9 nitrogen and oxygen atoms in total. The minimum absolute atomic E-state index is 0.327. The molecule has 2 rings (SSSR count). The number of likely N-dealkylation sites (tertiary alicyclic amines) is 1. The summed E-state index contributed by atoms with van der Waals surface area (Å²) in [4.78, 5) is 40.5. The molecule has 9 heteroatoms. The van der Waals surface area contributed by atoms with Crippen LogP contribution in [0.5, 0.6) is 0 Å². The first-order chi connectivity index (χ1) is 10.5. The molecule has 0 saturated carbocycles. The number of anilines is 1. The minimum Gasteiger partial charge on any atom is -0.329 e. The number of urea groups is 1. The number of nitrogens with zero attached hydrogens (tertiary/aromatic N) is 2. The van der Waals surface area contributed by atoms with Gasteiger partial charge in [-0.25, -0.2) is 10.3 Å². The highest BCUT2D eigenvalue weighted by Gasteiger charge is 2.37. The van der Waals surface area contributed by atoms with Gasteiger partial charge in [-0.3, -0.25) is 19.8 Å². The number of hydroxylamine groups is 1. The second kappa shape index (κ2) is 6.85. The SMILES string of the molecule is CC(C(=O)NO)N1CCC(NC(=O)Nc2ccncc2)C1=O. The second-order valence-corrected chi connectivity index (χ2v) is 4.86. The third-order valence-corrected chi connectivity index (χ3v) is 3.44. The molecule has 22 heavy (non-hydrogen) atoms. The fraction of sp³-hybridized carbons (Fsp3) is 0.385. The Balaban J connectivity index is 1.90. The van der Waals surface area contributed by atoms with Gasteiger partial charge in [-0.1, -0.05) is 0 Å². The van der Waals surface area contributed by atoms with Gasteiger partial charge in [-0.05, 0) is 25.5 Å². The van der Waals surface area contributed by atoms with Crippen LogP contribution < -0.4 is 16.1 Å². The summed E-state index contributed by atoms with van der Waals surface area (Å²) in [5, 5.41) is 13.8. The van der Waals surface area contributed by atoms with Crippen LogP contribution in [-0.4, -0.2) is 51.6 Å². The summed E-state index contributed by atoms with van der Waals surface area (Å²) in [6.07, 6.45) is 3.46. The lowest BCUT2D eigenvalue weighted by atomic mass is 10.2. The first-order valence-electron chi connectivity index (χ1n) is 6.75. The molecule has 118 valence electrons. The monoisotopic (exact) mass is 307 g/mol. The van der Waals surface area contributed by atoms with Crippen molar-refractivity contribution in [3.63, 3.8) is 0 Å². The maximum Gasteiger partial charge on any atom is 0.319 e. The number of carbonyl (C=O) groups excluding carboxylic acids is 3. The number of pyridine rings is 1. The number of aromatic nitrogens is 1. The van der Waals surface area contributed by atoms with Crippen molar-refractivity contribution in [2.24, 2.45) is 0 Å². The summed E-state index contributed by atoms with van der Waals surface area (Å²) in [6.45, 7) is 1.83. The van der Waals surface area contributed by atoms with E-state index < -0.39 is 24.0 Å². The molecule has 2 unspecified atom stereocenters. The van der Waals surface area contributed by atoms with Crippen LogP contribution in [0.4, 0.5) is 10.5 Å². The first kappa shape index (κ1) is 15.7. The lowest BCUT2D eigenvalue weighted by Crippen LogP contribution is -2.49. The quantitative estimate of drug-likeness (QED) is 0.449. The van der Waals surface area contributed by atoms with Crippen LogP contribution in [0.25, 0.3) is 0 Å². The minimum atomic E-state index is -0.799. The molecule has 1 saturated heterocycles. The van der Waals surface area contributed by atoms with Crippen molar-refractivity contribution in [3.8, 4) is 0 Å². The third kappa shape index (κ3) is 3.50. The summed E-state index contributed by atoms with van der Waals surface area (Å²) in [5.74, 6) is -1.03. The van der Waals surface area contributed by atoms with Gasteiger partial charge in [-0.15, -0.1) is 0 Å². The van der Waals surface area contributed by atoms with E-state index in [0.717, 1.165) is 0 Å². The predicted octanol–water partition coefficient (Wildman–Crippen LogP) is -0.302. The fourth-order valence-electron chi connectivity index (χ4n) is 2.22. The molecule has 2 heterocycles. The van der Waals surface area contributed by atoms with E-state index in [0.29, 0.717) is 18.7 Å². The number of hydrogen-bond acceptors (Lipinski definition) is 5. The van der Waals surface area contributed by atoms with Gasteiger partial charge in [0.05, 0.1) is 0 Å². The summed E-state index contributed by atoms with van der Waals surface area (Å²) in [6, 6.07) is 1.24. The lowest BCUT2D eigenvalue weighted by molar-refractivity contribution is -0.141. The Labute approximate surface area is 126 Å². The number of carbonyl (C=O) groups is 3. The van der Waals surface area contributed by atoms with E-state index in [1.165, 1.54) is 29.7 Å². The molecule has 1 fully saturated rings. The lowest BCUT2D eigenvalue weighted by Gasteiger charge is -2.22. The van der Waals surface area contributed by atoms with Crippen LogP contribution in [0.3, 0.4) is 0 Å². The zero-order valence-electron chi connectivity index (χ0n) is 11.9. The van der Waals surface area contributed by atoms with E-state index in [-0.39, 0.29) is 5.91 Å². The summed E-state index contributed by atoms with van der Waals surface area (Å²) in [7, 11) is 0. The molecular formula is C13H17N5O4. The average Bonchev–Trinajstić information content (AvgIpc) is 2.87. The van der Waals surface area contributed by atoms with Crippen LogP contribution in [0.2, 0.25) is 0 Å². The van der Waals surface area contributed by atoms with Crippen LogP contribution in [0, 0.1) is 0 Å². The Kier molecular flexibility index (Phi) is 4.89. The molecule has 0 aromatic carbocycles. The van der Waals surface area contributed by atoms with Gasteiger partial charge in [0.15, 0.2) is 0 Å². The van der Waals surface area contributed by atoms with E-state index in [4.69, 9.17) is 5.21 Å². The van der Waals surface area contributed by atoms with Crippen LogP contribution >= 0.6 is 0 Å². The Morgan fingerprint density at radius 3 is 2.73 bits per heavy atom.